The summed E-state index contributed by atoms with van der Waals surface area (Å²) < 4.78 is 2.39. The molecule has 3 aromatic rings. The van der Waals surface area contributed by atoms with Gasteiger partial charge in [0.05, 0.1) is 32.9 Å². The van der Waals surface area contributed by atoms with Crippen LogP contribution in [0.1, 0.15) is 37.6 Å². The molecule has 0 unspecified atom stereocenters. The molecule has 1 aliphatic heterocycles. The third-order valence-electron chi connectivity index (χ3n) is 6.03. The minimum atomic E-state index is -0.737. The summed E-state index contributed by atoms with van der Waals surface area (Å²) in [5, 5.41) is 17.5. The lowest BCUT2D eigenvalue weighted by molar-refractivity contribution is -0.142. The largest absolute Gasteiger partial charge is 0.391 e. The summed E-state index contributed by atoms with van der Waals surface area (Å²) in [5.41, 5.74) is 4.88. The van der Waals surface area contributed by atoms with E-state index in [4.69, 9.17) is 0 Å². The zero-order valence-corrected chi connectivity index (χ0v) is 21.7. The van der Waals surface area contributed by atoms with Crippen LogP contribution in [0.2, 0.25) is 0 Å². The predicted octanol–water partition coefficient (Wildman–Crippen LogP) is 3.55. The van der Waals surface area contributed by atoms with Crippen LogP contribution in [0.25, 0.3) is 10.4 Å². The number of likely N-dealkylation sites (tertiary alicyclic amines) is 1. The highest BCUT2D eigenvalue weighted by Crippen LogP contribution is 2.28. The van der Waals surface area contributed by atoms with Gasteiger partial charge in [-0.15, -0.1) is 11.3 Å². The number of carbonyl (C=O) groups is 2. The molecule has 0 spiro atoms. The molecule has 0 radical (unpaired) electrons. The van der Waals surface area contributed by atoms with Crippen molar-refractivity contribution in [2.75, 3.05) is 6.54 Å². The van der Waals surface area contributed by atoms with Gasteiger partial charge in [-0.3, -0.25) is 14.3 Å². The fourth-order valence-electron chi connectivity index (χ4n) is 4.31. The topological polar surface area (TPSA) is 100 Å². The number of nitrogens with one attached hydrogen (secondary N) is 1. The van der Waals surface area contributed by atoms with E-state index in [1.807, 2.05) is 50.5 Å². The van der Waals surface area contributed by atoms with Gasteiger partial charge >= 0.3 is 0 Å². The standard InChI is InChI=1S/C24H28BrN5O3S/c1-14(2)21(30-11-18(25)10-28-30)24(33)29-12-19(31)8-20(29)23(32)26-9-16-4-6-17(7-5-16)22-15(3)27-13-34-22/h4-7,10-11,13-14,19-21,31H,8-9,12H2,1-3H3,(H,26,32)/t19-,20+,21+/m1/s1. The smallest absolute Gasteiger partial charge is 0.248 e. The van der Waals surface area contributed by atoms with Crippen LogP contribution in [-0.4, -0.2) is 55.3 Å². The van der Waals surface area contributed by atoms with Gasteiger partial charge in [0.25, 0.3) is 0 Å². The van der Waals surface area contributed by atoms with Crippen molar-refractivity contribution in [1.82, 2.24) is 25.0 Å². The molecule has 10 heteroatoms. The van der Waals surface area contributed by atoms with Crippen molar-refractivity contribution in [2.24, 2.45) is 5.92 Å². The van der Waals surface area contributed by atoms with Crippen molar-refractivity contribution < 1.29 is 14.7 Å². The number of hydrogen-bond donors (Lipinski definition) is 2. The van der Waals surface area contributed by atoms with Crippen molar-refractivity contribution in [1.29, 1.82) is 0 Å². The van der Waals surface area contributed by atoms with Gasteiger partial charge in [0.2, 0.25) is 11.8 Å². The molecule has 0 aliphatic carbocycles. The molecule has 1 fully saturated rings. The molecule has 4 rings (SSSR count). The van der Waals surface area contributed by atoms with E-state index >= 15 is 0 Å². The van der Waals surface area contributed by atoms with Crippen molar-refractivity contribution in [3.8, 4) is 10.4 Å². The molecule has 8 nitrogen and oxygen atoms in total. The Morgan fingerprint density at radius 1 is 1.29 bits per heavy atom. The monoisotopic (exact) mass is 545 g/mol. The summed E-state index contributed by atoms with van der Waals surface area (Å²) in [6.45, 7) is 6.34. The predicted molar refractivity (Wildman–Crippen MR) is 134 cm³/mol. The number of carbonyl (C=O) groups excluding carboxylic acids is 2. The highest BCUT2D eigenvalue weighted by molar-refractivity contribution is 9.10. The number of nitrogens with zero attached hydrogens (tertiary/aromatic N) is 4. The number of benzene rings is 1. The van der Waals surface area contributed by atoms with Gasteiger partial charge in [-0.05, 0) is 39.9 Å². The van der Waals surface area contributed by atoms with Crippen molar-refractivity contribution in [2.45, 2.75) is 51.9 Å². The first kappa shape index (κ1) is 24.6. The molecule has 1 aromatic carbocycles. The maximum atomic E-state index is 13.5. The summed E-state index contributed by atoms with van der Waals surface area (Å²) in [7, 11) is 0. The van der Waals surface area contributed by atoms with Gasteiger partial charge in [-0.25, -0.2) is 4.98 Å². The third kappa shape index (κ3) is 5.24. The number of thiazole rings is 1. The average Bonchev–Trinajstić information content (AvgIpc) is 3.52. The number of hydrogen-bond acceptors (Lipinski definition) is 6. The number of aryl methyl sites for hydroxylation is 1. The van der Waals surface area contributed by atoms with E-state index in [1.165, 1.54) is 4.90 Å². The van der Waals surface area contributed by atoms with Crippen LogP contribution in [0.15, 0.2) is 46.6 Å². The van der Waals surface area contributed by atoms with Gasteiger partial charge in [0, 0.05) is 25.7 Å². The van der Waals surface area contributed by atoms with E-state index in [9.17, 15) is 14.7 Å². The number of halogens is 1. The molecule has 180 valence electrons. The summed E-state index contributed by atoms with van der Waals surface area (Å²) in [6, 6.07) is 6.72. The zero-order chi connectivity index (χ0) is 24.4. The average molecular weight is 546 g/mol. The quantitative estimate of drug-likeness (QED) is 0.472. The number of β-amino-alcohol motifs (C(OH)–C–C–N with tert-alkyl or cyclic N) is 1. The number of amides is 2. The van der Waals surface area contributed by atoms with Gasteiger partial charge < -0.3 is 15.3 Å². The fourth-order valence-corrected chi connectivity index (χ4v) is 5.42. The van der Waals surface area contributed by atoms with Gasteiger partial charge in [0.15, 0.2) is 0 Å². The minimum absolute atomic E-state index is 0.0403. The molecule has 2 aromatic heterocycles. The second-order valence-corrected chi connectivity index (χ2v) is 10.7. The first-order chi connectivity index (χ1) is 16.2. The zero-order valence-electron chi connectivity index (χ0n) is 19.3. The van der Waals surface area contributed by atoms with Crippen molar-refractivity contribution >= 4 is 39.1 Å². The highest BCUT2D eigenvalue weighted by Gasteiger charge is 2.42. The van der Waals surface area contributed by atoms with E-state index in [0.29, 0.717) is 6.54 Å². The molecule has 1 aliphatic rings. The summed E-state index contributed by atoms with van der Waals surface area (Å²) in [6.07, 6.45) is 2.86. The molecule has 34 heavy (non-hydrogen) atoms. The normalized spacial score (nSPS) is 18.9. The SMILES string of the molecule is Cc1ncsc1-c1ccc(CNC(=O)[C@@H]2C[C@@H](O)CN2C(=O)[C@H](C(C)C)n2cc(Br)cn2)cc1. The second kappa shape index (κ2) is 10.4. The summed E-state index contributed by atoms with van der Waals surface area (Å²) in [4.78, 5) is 33.4. The molecule has 2 amide bonds. The van der Waals surface area contributed by atoms with Crippen molar-refractivity contribution in [3.05, 3.63) is 57.9 Å². The Balaban J connectivity index is 1.43. The number of rotatable bonds is 7. The summed E-state index contributed by atoms with van der Waals surface area (Å²) >= 11 is 4.97. The molecule has 1 saturated heterocycles. The van der Waals surface area contributed by atoms with Crippen LogP contribution < -0.4 is 5.32 Å². The molecule has 0 bridgehead atoms. The second-order valence-electron chi connectivity index (χ2n) is 8.90. The van der Waals surface area contributed by atoms with E-state index in [2.05, 4.69) is 31.3 Å². The Morgan fingerprint density at radius 2 is 2.03 bits per heavy atom. The van der Waals surface area contributed by atoms with Crippen LogP contribution in [0, 0.1) is 12.8 Å². The van der Waals surface area contributed by atoms with Gasteiger partial charge in [0.1, 0.15) is 12.1 Å². The minimum Gasteiger partial charge on any atom is -0.391 e. The lowest BCUT2D eigenvalue weighted by atomic mass is 10.0. The Labute approximate surface area is 211 Å². The first-order valence-corrected chi connectivity index (χ1v) is 12.9. The number of aromatic nitrogens is 3. The van der Waals surface area contributed by atoms with Crippen LogP contribution >= 0.6 is 27.3 Å². The van der Waals surface area contributed by atoms with Crippen LogP contribution in [0.4, 0.5) is 0 Å². The lowest BCUT2D eigenvalue weighted by Gasteiger charge is -2.30. The van der Waals surface area contributed by atoms with Gasteiger partial charge in [-0.1, -0.05) is 38.1 Å². The van der Waals surface area contributed by atoms with Crippen molar-refractivity contribution in [3.63, 3.8) is 0 Å². The maximum Gasteiger partial charge on any atom is 0.248 e. The Morgan fingerprint density at radius 3 is 2.62 bits per heavy atom. The summed E-state index contributed by atoms with van der Waals surface area (Å²) in [5.74, 6) is -0.524. The van der Waals surface area contributed by atoms with Crippen LogP contribution in [0.3, 0.4) is 0 Å². The highest BCUT2D eigenvalue weighted by atomic mass is 79.9. The lowest BCUT2D eigenvalue weighted by Crippen LogP contribution is -2.49. The molecule has 3 atom stereocenters. The van der Waals surface area contributed by atoms with Crippen LogP contribution in [-0.2, 0) is 16.1 Å². The Kier molecular flexibility index (Phi) is 7.49. The fraction of sp³-hybridized carbons (Fsp3) is 0.417. The molecule has 3 heterocycles. The third-order valence-corrected chi connectivity index (χ3v) is 7.42. The molecular weight excluding hydrogens is 518 g/mol. The first-order valence-electron chi connectivity index (χ1n) is 11.2. The Hall–Kier alpha value is -2.56. The molecule has 0 saturated carbocycles. The van der Waals surface area contributed by atoms with Gasteiger partial charge in [-0.2, -0.15) is 5.10 Å². The number of aliphatic hydroxyl groups is 1. The van der Waals surface area contributed by atoms with E-state index < -0.39 is 18.2 Å². The van der Waals surface area contributed by atoms with E-state index in [-0.39, 0.29) is 30.7 Å². The Bertz CT molecular complexity index is 1160. The van der Waals surface area contributed by atoms with Crippen LogP contribution in [0.5, 0.6) is 0 Å². The maximum absolute atomic E-state index is 13.5. The molecular formula is C24H28BrN5O3S. The van der Waals surface area contributed by atoms with E-state index in [1.54, 1.807) is 28.4 Å². The molecule has 2 N–H and O–H groups in total. The van der Waals surface area contributed by atoms with E-state index in [0.717, 1.165) is 26.2 Å². The number of aliphatic hydroxyl groups excluding tert-OH is 1.